The molecule has 2 aliphatic heterocycles. The van der Waals surface area contributed by atoms with Gasteiger partial charge in [-0.2, -0.15) is 0 Å². The first kappa shape index (κ1) is 14.8. The summed E-state index contributed by atoms with van der Waals surface area (Å²) in [5, 5.41) is 3.43. The smallest absolute Gasteiger partial charge is 0.202 e. The molecule has 118 valence electrons. The molecule has 2 unspecified atom stereocenters. The number of methoxy groups -OCH3 is 1. The first-order chi connectivity index (χ1) is 10.4. The van der Waals surface area contributed by atoms with Crippen LogP contribution in [0.15, 0.2) is 12.4 Å². The van der Waals surface area contributed by atoms with Crippen molar-refractivity contribution in [2.75, 3.05) is 45.3 Å². The van der Waals surface area contributed by atoms with Crippen LogP contribution in [0.4, 0.5) is 5.95 Å². The monoisotopic (exact) mass is 294 g/mol. The Balaban J connectivity index is 1.45. The number of aryl methyl sites for hydroxylation is 1. The molecule has 2 atom stereocenters. The third-order valence-corrected chi connectivity index (χ3v) is 4.41. The highest BCUT2D eigenvalue weighted by atomic mass is 16.5. The molecule has 6 heteroatoms. The third kappa shape index (κ3) is 3.75. The van der Waals surface area contributed by atoms with Gasteiger partial charge in [0.05, 0.1) is 12.7 Å². The number of imidazole rings is 1. The van der Waals surface area contributed by atoms with Crippen LogP contribution in [0.3, 0.4) is 0 Å². The Hall–Kier alpha value is -1.11. The van der Waals surface area contributed by atoms with Gasteiger partial charge in [-0.25, -0.2) is 4.98 Å². The molecular formula is C15H26N4O2. The predicted molar refractivity (Wildman–Crippen MR) is 81.5 cm³/mol. The summed E-state index contributed by atoms with van der Waals surface area (Å²) in [6.07, 6.45) is 7.73. The maximum atomic E-state index is 5.97. The second kappa shape index (κ2) is 7.24. The Morgan fingerprint density at radius 3 is 3.38 bits per heavy atom. The lowest BCUT2D eigenvalue weighted by atomic mass is 10.2. The van der Waals surface area contributed by atoms with Gasteiger partial charge in [-0.05, 0) is 25.8 Å². The van der Waals surface area contributed by atoms with E-state index in [1.807, 2.05) is 12.4 Å². The van der Waals surface area contributed by atoms with Gasteiger partial charge in [0.2, 0.25) is 5.95 Å². The number of ether oxygens (including phenoxy) is 2. The Morgan fingerprint density at radius 2 is 2.48 bits per heavy atom. The van der Waals surface area contributed by atoms with Crippen molar-refractivity contribution < 1.29 is 9.47 Å². The van der Waals surface area contributed by atoms with Crippen molar-refractivity contribution >= 4 is 5.95 Å². The van der Waals surface area contributed by atoms with Gasteiger partial charge in [-0.15, -0.1) is 0 Å². The summed E-state index contributed by atoms with van der Waals surface area (Å²) < 4.78 is 13.2. The molecule has 1 aromatic heterocycles. The zero-order chi connectivity index (χ0) is 14.5. The average molecular weight is 294 g/mol. The highest BCUT2D eigenvalue weighted by molar-refractivity contribution is 5.26. The van der Waals surface area contributed by atoms with Crippen LogP contribution in [0.1, 0.15) is 19.3 Å². The van der Waals surface area contributed by atoms with Gasteiger partial charge in [-0.1, -0.05) is 0 Å². The predicted octanol–water partition coefficient (Wildman–Crippen LogP) is 1.19. The molecule has 2 fully saturated rings. The number of anilines is 1. The quantitative estimate of drug-likeness (QED) is 0.766. The van der Waals surface area contributed by atoms with Gasteiger partial charge in [0.25, 0.3) is 0 Å². The van der Waals surface area contributed by atoms with Crippen LogP contribution in [-0.2, 0) is 16.0 Å². The van der Waals surface area contributed by atoms with E-state index in [9.17, 15) is 0 Å². The summed E-state index contributed by atoms with van der Waals surface area (Å²) >= 11 is 0. The van der Waals surface area contributed by atoms with Crippen molar-refractivity contribution in [2.45, 2.75) is 38.0 Å². The maximum Gasteiger partial charge on any atom is 0.202 e. The van der Waals surface area contributed by atoms with Crippen molar-refractivity contribution in [2.24, 2.45) is 0 Å². The van der Waals surface area contributed by atoms with Gasteiger partial charge in [0.1, 0.15) is 0 Å². The van der Waals surface area contributed by atoms with Crippen molar-refractivity contribution in [3.63, 3.8) is 0 Å². The van der Waals surface area contributed by atoms with Crippen LogP contribution in [0.5, 0.6) is 0 Å². The molecular weight excluding hydrogens is 268 g/mol. The molecule has 0 saturated carbocycles. The summed E-state index contributed by atoms with van der Waals surface area (Å²) in [6, 6.07) is 0.664. The van der Waals surface area contributed by atoms with Gasteiger partial charge in [-0.3, -0.25) is 4.90 Å². The minimum absolute atomic E-state index is 0.267. The second-order valence-electron chi connectivity index (χ2n) is 5.92. The second-order valence-corrected chi connectivity index (χ2v) is 5.92. The molecule has 1 N–H and O–H groups in total. The van der Waals surface area contributed by atoms with Crippen molar-refractivity contribution in [3.8, 4) is 0 Å². The average Bonchev–Trinajstić information content (AvgIpc) is 3.13. The van der Waals surface area contributed by atoms with Crippen molar-refractivity contribution in [3.05, 3.63) is 12.4 Å². The summed E-state index contributed by atoms with van der Waals surface area (Å²) in [6.45, 7) is 5.69. The van der Waals surface area contributed by atoms with E-state index in [-0.39, 0.29) is 6.10 Å². The normalized spacial score (nSPS) is 26.0. The Morgan fingerprint density at radius 1 is 1.52 bits per heavy atom. The molecule has 0 spiro atoms. The van der Waals surface area contributed by atoms with E-state index in [4.69, 9.17) is 9.47 Å². The van der Waals surface area contributed by atoms with E-state index in [2.05, 4.69) is 19.8 Å². The number of hydrogen-bond acceptors (Lipinski definition) is 5. The molecule has 6 nitrogen and oxygen atoms in total. The van der Waals surface area contributed by atoms with E-state index < -0.39 is 0 Å². The number of aromatic nitrogens is 2. The molecule has 2 aliphatic rings. The molecule has 0 aromatic carbocycles. The van der Waals surface area contributed by atoms with Gasteiger partial charge >= 0.3 is 0 Å². The molecule has 2 saturated heterocycles. The number of nitrogens with one attached hydrogen (secondary N) is 1. The molecule has 3 rings (SSSR count). The standard InChI is InChI=1S/C15H26N4O2/c1-20-9-3-7-18-8-5-16-15(18)17-10-14-11-19-6-2-4-13(19)12-21-14/h5,8,13-14H,2-4,6-7,9-12H2,1H3,(H,16,17). The summed E-state index contributed by atoms with van der Waals surface area (Å²) in [5.41, 5.74) is 0. The van der Waals surface area contributed by atoms with E-state index in [0.29, 0.717) is 6.04 Å². The van der Waals surface area contributed by atoms with Crippen molar-refractivity contribution in [1.29, 1.82) is 0 Å². The third-order valence-electron chi connectivity index (χ3n) is 4.41. The van der Waals surface area contributed by atoms with Crippen LogP contribution in [-0.4, -0.2) is 66.6 Å². The van der Waals surface area contributed by atoms with Crippen LogP contribution in [0, 0.1) is 0 Å². The zero-order valence-corrected chi connectivity index (χ0v) is 12.8. The fourth-order valence-corrected chi connectivity index (χ4v) is 3.25. The highest BCUT2D eigenvalue weighted by Crippen LogP contribution is 2.22. The molecule has 0 bridgehead atoms. The first-order valence-electron chi connectivity index (χ1n) is 7.96. The van der Waals surface area contributed by atoms with Crippen LogP contribution < -0.4 is 5.32 Å². The maximum absolute atomic E-state index is 5.97. The number of nitrogens with zero attached hydrogens (tertiary/aromatic N) is 3. The molecule has 1 aromatic rings. The number of rotatable bonds is 7. The topological polar surface area (TPSA) is 51.5 Å². The zero-order valence-electron chi connectivity index (χ0n) is 12.8. The van der Waals surface area contributed by atoms with Crippen LogP contribution in [0.2, 0.25) is 0 Å². The summed E-state index contributed by atoms with van der Waals surface area (Å²) in [7, 11) is 1.74. The molecule has 0 aliphatic carbocycles. The highest BCUT2D eigenvalue weighted by Gasteiger charge is 2.32. The lowest BCUT2D eigenvalue weighted by Crippen LogP contribution is -2.48. The van der Waals surface area contributed by atoms with Crippen LogP contribution >= 0.6 is 0 Å². The van der Waals surface area contributed by atoms with E-state index in [1.54, 1.807) is 7.11 Å². The Kier molecular flexibility index (Phi) is 5.11. The molecule has 0 amide bonds. The van der Waals surface area contributed by atoms with Gasteiger partial charge in [0, 0.05) is 51.8 Å². The van der Waals surface area contributed by atoms with Crippen LogP contribution in [0.25, 0.3) is 0 Å². The minimum Gasteiger partial charge on any atom is -0.385 e. The molecule has 21 heavy (non-hydrogen) atoms. The summed E-state index contributed by atoms with van der Waals surface area (Å²) in [5.74, 6) is 0.929. The van der Waals surface area contributed by atoms with Gasteiger partial charge in [0.15, 0.2) is 0 Å². The number of hydrogen-bond donors (Lipinski definition) is 1. The van der Waals surface area contributed by atoms with E-state index in [1.165, 1.54) is 19.4 Å². The first-order valence-corrected chi connectivity index (χ1v) is 7.96. The fourth-order valence-electron chi connectivity index (χ4n) is 3.25. The lowest BCUT2D eigenvalue weighted by molar-refractivity contribution is -0.0416. The largest absolute Gasteiger partial charge is 0.385 e. The fraction of sp³-hybridized carbons (Fsp3) is 0.800. The Bertz CT molecular complexity index is 437. The molecule has 3 heterocycles. The minimum atomic E-state index is 0.267. The molecule has 0 radical (unpaired) electrons. The Labute approximate surface area is 126 Å². The SMILES string of the molecule is COCCCn1ccnc1NCC1CN2CCCC2CO1. The van der Waals surface area contributed by atoms with E-state index >= 15 is 0 Å². The lowest BCUT2D eigenvalue weighted by Gasteiger charge is -2.35. The van der Waals surface area contributed by atoms with E-state index in [0.717, 1.165) is 45.2 Å². The number of morpholine rings is 1. The number of fused-ring (bicyclic) bond motifs is 1. The van der Waals surface area contributed by atoms with Crippen molar-refractivity contribution in [1.82, 2.24) is 14.5 Å². The summed E-state index contributed by atoms with van der Waals surface area (Å²) in [4.78, 5) is 6.96. The van der Waals surface area contributed by atoms with Gasteiger partial charge < -0.3 is 19.4 Å².